The molecule has 0 radical (unpaired) electrons. The molecule has 0 atom stereocenters. The van der Waals surface area contributed by atoms with Gasteiger partial charge in [-0.2, -0.15) is 0 Å². The lowest BCUT2D eigenvalue weighted by atomic mass is 10.1. The lowest BCUT2D eigenvalue weighted by molar-refractivity contribution is 0.0951. The van der Waals surface area contributed by atoms with E-state index >= 15 is 0 Å². The number of amides is 1. The van der Waals surface area contributed by atoms with Crippen molar-refractivity contribution >= 4 is 22.4 Å². The average Bonchev–Trinajstić information content (AvgIpc) is 2.77. The van der Waals surface area contributed by atoms with Crippen LogP contribution in [-0.4, -0.2) is 50.1 Å². The van der Waals surface area contributed by atoms with Crippen LogP contribution >= 0.6 is 0 Å². The monoisotopic (exact) mass is 391 g/mol. The number of hydrogen-bond donors (Lipinski definition) is 1. The van der Waals surface area contributed by atoms with Gasteiger partial charge in [-0.3, -0.25) is 9.69 Å². The number of piperazine rings is 1. The van der Waals surface area contributed by atoms with Crippen LogP contribution in [0.4, 0.5) is 10.1 Å². The molecule has 0 saturated carbocycles. The molecule has 0 spiro atoms. The molecule has 5 heteroatoms. The Kier molecular flexibility index (Phi) is 6.06. The van der Waals surface area contributed by atoms with E-state index in [9.17, 15) is 9.18 Å². The molecule has 4 rings (SSSR count). The van der Waals surface area contributed by atoms with Crippen LogP contribution in [0, 0.1) is 5.82 Å². The highest BCUT2D eigenvalue weighted by Gasteiger charge is 2.18. The van der Waals surface area contributed by atoms with Crippen LogP contribution in [0.1, 0.15) is 16.8 Å². The summed E-state index contributed by atoms with van der Waals surface area (Å²) in [6.07, 6.45) is 0.902. The fourth-order valence-electron chi connectivity index (χ4n) is 3.86. The summed E-state index contributed by atoms with van der Waals surface area (Å²) in [5, 5.41) is 5.23. The Labute approximate surface area is 170 Å². The second kappa shape index (κ2) is 9.05. The van der Waals surface area contributed by atoms with Crippen molar-refractivity contribution < 1.29 is 9.18 Å². The number of anilines is 1. The summed E-state index contributed by atoms with van der Waals surface area (Å²) in [6, 6.07) is 20.8. The van der Waals surface area contributed by atoms with E-state index in [0.717, 1.165) is 49.9 Å². The maximum atomic E-state index is 13.9. The van der Waals surface area contributed by atoms with Crippen LogP contribution in [0.2, 0.25) is 0 Å². The number of rotatable bonds is 6. The standard InChI is InChI=1S/C24H26FN3O/c25-22-8-3-4-9-23(22)28-16-14-27(15-17-28)13-5-12-26-24(29)21-11-10-19-6-1-2-7-20(19)18-21/h1-4,6-11,18H,5,12-17H2,(H,26,29). The maximum Gasteiger partial charge on any atom is 0.251 e. The zero-order chi connectivity index (χ0) is 20.1. The Morgan fingerprint density at radius 2 is 1.62 bits per heavy atom. The lowest BCUT2D eigenvalue weighted by Gasteiger charge is -2.36. The van der Waals surface area contributed by atoms with Crippen molar-refractivity contribution in [1.82, 2.24) is 10.2 Å². The van der Waals surface area contributed by atoms with Crippen molar-refractivity contribution in [3.05, 3.63) is 78.1 Å². The highest BCUT2D eigenvalue weighted by molar-refractivity contribution is 5.98. The van der Waals surface area contributed by atoms with Gasteiger partial charge in [-0.1, -0.05) is 42.5 Å². The predicted molar refractivity (Wildman–Crippen MR) is 116 cm³/mol. The van der Waals surface area contributed by atoms with Gasteiger partial charge >= 0.3 is 0 Å². The molecule has 4 nitrogen and oxygen atoms in total. The molecule has 29 heavy (non-hydrogen) atoms. The van der Waals surface area contributed by atoms with Gasteiger partial charge in [0.2, 0.25) is 0 Å². The van der Waals surface area contributed by atoms with Crippen LogP contribution in [0.3, 0.4) is 0 Å². The number of hydrogen-bond acceptors (Lipinski definition) is 3. The topological polar surface area (TPSA) is 35.6 Å². The number of carbonyl (C=O) groups is 1. The first-order valence-electron chi connectivity index (χ1n) is 10.2. The smallest absolute Gasteiger partial charge is 0.251 e. The molecular weight excluding hydrogens is 365 g/mol. The van der Waals surface area contributed by atoms with E-state index in [-0.39, 0.29) is 11.7 Å². The minimum absolute atomic E-state index is 0.0277. The second-order valence-corrected chi connectivity index (χ2v) is 7.45. The number of halogens is 1. The lowest BCUT2D eigenvalue weighted by Crippen LogP contribution is -2.47. The Balaban J connectivity index is 1.20. The van der Waals surface area contributed by atoms with Gasteiger partial charge in [0.15, 0.2) is 0 Å². The molecule has 0 aliphatic carbocycles. The molecular formula is C24H26FN3O. The van der Waals surface area contributed by atoms with Gasteiger partial charge in [0.05, 0.1) is 5.69 Å². The fraction of sp³-hybridized carbons (Fsp3) is 0.292. The third-order valence-electron chi connectivity index (χ3n) is 5.51. The number of benzene rings is 3. The van der Waals surface area contributed by atoms with E-state index in [1.165, 1.54) is 6.07 Å². The average molecular weight is 391 g/mol. The normalized spacial score (nSPS) is 14.9. The largest absolute Gasteiger partial charge is 0.367 e. The molecule has 1 N–H and O–H groups in total. The van der Waals surface area contributed by atoms with Crippen molar-refractivity contribution in [2.45, 2.75) is 6.42 Å². The van der Waals surface area contributed by atoms with Gasteiger partial charge in [0.1, 0.15) is 5.82 Å². The van der Waals surface area contributed by atoms with E-state index < -0.39 is 0 Å². The number of carbonyl (C=O) groups excluding carboxylic acids is 1. The van der Waals surface area contributed by atoms with Gasteiger partial charge < -0.3 is 10.2 Å². The molecule has 1 aliphatic heterocycles. The summed E-state index contributed by atoms with van der Waals surface area (Å²) in [5.74, 6) is -0.183. The van der Waals surface area contributed by atoms with E-state index in [1.807, 2.05) is 54.6 Å². The highest BCUT2D eigenvalue weighted by atomic mass is 19.1. The Morgan fingerprint density at radius 3 is 2.41 bits per heavy atom. The molecule has 1 amide bonds. The van der Waals surface area contributed by atoms with Gasteiger partial charge in [-0.15, -0.1) is 0 Å². The zero-order valence-corrected chi connectivity index (χ0v) is 16.5. The minimum atomic E-state index is -0.155. The van der Waals surface area contributed by atoms with Crippen molar-refractivity contribution in [3.63, 3.8) is 0 Å². The van der Waals surface area contributed by atoms with Crippen LogP contribution in [0.25, 0.3) is 10.8 Å². The molecule has 3 aromatic rings. The van der Waals surface area contributed by atoms with Crippen molar-refractivity contribution in [2.75, 3.05) is 44.2 Å². The number of fused-ring (bicyclic) bond motifs is 1. The van der Waals surface area contributed by atoms with Crippen LogP contribution in [-0.2, 0) is 0 Å². The van der Waals surface area contributed by atoms with Gasteiger partial charge in [-0.05, 0) is 48.0 Å². The fourth-order valence-corrected chi connectivity index (χ4v) is 3.86. The van der Waals surface area contributed by atoms with Crippen molar-refractivity contribution in [2.24, 2.45) is 0 Å². The molecule has 0 unspecified atom stereocenters. The van der Waals surface area contributed by atoms with Crippen molar-refractivity contribution in [1.29, 1.82) is 0 Å². The summed E-state index contributed by atoms with van der Waals surface area (Å²) < 4.78 is 13.9. The summed E-state index contributed by atoms with van der Waals surface area (Å²) in [5.41, 5.74) is 1.39. The molecule has 1 fully saturated rings. The maximum absolute atomic E-state index is 13.9. The third-order valence-corrected chi connectivity index (χ3v) is 5.51. The summed E-state index contributed by atoms with van der Waals surface area (Å²) in [6.45, 7) is 5.05. The summed E-state index contributed by atoms with van der Waals surface area (Å²) in [4.78, 5) is 16.9. The van der Waals surface area contributed by atoms with Crippen molar-refractivity contribution in [3.8, 4) is 0 Å². The first-order valence-corrected chi connectivity index (χ1v) is 10.2. The molecule has 1 heterocycles. The van der Waals surface area contributed by atoms with E-state index in [4.69, 9.17) is 0 Å². The Morgan fingerprint density at radius 1 is 0.897 bits per heavy atom. The Bertz CT molecular complexity index is 983. The summed E-state index contributed by atoms with van der Waals surface area (Å²) in [7, 11) is 0. The third kappa shape index (κ3) is 4.74. The number of para-hydroxylation sites is 1. The highest BCUT2D eigenvalue weighted by Crippen LogP contribution is 2.20. The summed E-state index contributed by atoms with van der Waals surface area (Å²) >= 11 is 0. The minimum Gasteiger partial charge on any atom is -0.367 e. The van der Waals surface area contributed by atoms with E-state index in [1.54, 1.807) is 6.07 Å². The van der Waals surface area contributed by atoms with Gasteiger partial charge in [-0.25, -0.2) is 4.39 Å². The molecule has 0 aromatic heterocycles. The molecule has 3 aromatic carbocycles. The first kappa shape index (κ1) is 19.4. The van der Waals surface area contributed by atoms with Crippen LogP contribution in [0.5, 0.6) is 0 Å². The Hall–Kier alpha value is -2.92. The van der Waals surface area contributed by atoms with Gasteiger partial charge in [0, 0.05) is 38.3 Å². The molecule has 0 bridgehead atoms. The molecule has 1 saturated heterocycles. The molecule has 1 aliphatic rings. The zero-order valence-electron chi connectivity index (χ0n) is 16.5. The van der Waals surface area contributed by atoms with E-state index in [0.29, 0.717) is 17.8 Å². The molecule has 150 valence electrons. The number of nitrogens with one attached hydrogen (secondary N) is 1. The predicted octanol–water partition coefficient (Wildman–Crippen LogP) is 3.92. The second-order valence-electron chi connectivity index (χ2n) is 7.45. The number of nitrogens with zero attached hydrogens (tertiary/aromatic N) is 2. The van der Waals surface area contributed by atoms with Crippen LogP contribution in [0.15, 0.2) is 66.7 Å². The van der Waals surface area contributed by atoms with Gasteiger partial charge in [0.25, 0.3) is 5.91 Å². The first-order chi connectivity index (χ1) is 14.2. The van der Waals surface area contributed by atoms with E-state index in [2.05, 4.69) is 15.1 Å². The SMILES string of the molecule is O=C(NCCCN1CCN(c2ccccc2F)CC1)c1ccc2ccccc2c1. The van der Waals surface area contributed by atoms with Crippen LogP contribution < -0.4 is 10.2 Å². The quantitative estimate of drug-likeness (QED) is 0.647.